The van der Waals surface area contributed by atoms with Gasteiger partial charge < -0.3 is 4.74 Å². The van der Waals surface area contributed by atoms with Gasteiger partial charge in [0.05, 0.1) is 5.56 Å². The summed E-state index contributed by atoms with van der Waals surface area (Å²) in [5.74, 6) is -2.61. The quantitative estimate of drug-likeness (QED) is 0.571. The van der Waals surface area contributed by atoms with E-state index in [1.165, 1.54) is 18.2 Å². The zero-order chi connectivity index (χ0) is 25.4. The number of amides is 1. The summed E-state index contributed by atoms with van der Waals surface area (Å²) in [4.78, 5) is 14.6. The Morgan fingerprint density at radius 2 is 1.78 bits per heavy atom. The summed E-state index contributed by atoms with van der Waals surface area (Å²) in [7, 11) is -3.99. The van der Waals surface area contributed by atoms with Crippen molar-refractivity contribution in [3.63, 3.8) is 0 Å². The summed E-state index contributed by atoms with van der Waals surface area (Å²) in [6, 6.07) is 6.09. The highest BCUT2D eigenvalue weighted by molar-refractivity contribution is 7.87. The van der Waals surface area contributed by atoms with Crippen LogP contribution in [-0.4, -0.2) is 55.8 Å². The maximum absolute atomic E-state index is 15.0. The van der Waals surface area contributed by atoms with Crippen LogP contribution in [-0.2, 0) is 16.8 Å². The van der Waals surface area contributed by atoms with Gasteiger partial charge in [-0.2, -0.15) is 12.7 Å². The van der Waals surface area contributed by atoms with Crippen LogP contribution in [0.25, 0.3) is 0 Å². The molecule has 1 atom stereocenters. The van der Waals surface area contributed by atoms with Crippen molar-refractivity contribution >= 4 is 16.1 Å². The minimum atomic E-state index is -3.99. The van der Waals surface area contributed by atoms with Crippen LogP contribution < -0.4 is 9.46 Å². The third-order valence-corrected chi connectivity index (χ3v) is 8.39. The lowest BCUT2D eigenvalue weighted by atomic mass is 10.0. The molecule has 1 unspecified atom stereocenters. The van der Waals surface area contributed by atoms with Crippen molar-refractivity contribution in [1.82, 2.24) is 13.9 Å². The molecule has 3 aliphatic rings. The fraction of sp³-hybridized carbons (Fsp3) is 0.480. The Hall–Kier alpha value is -2.63. The number of rotatable bonds is 8. The number of piperidine rings is 1. The molecule has 2 aliphatic heterocycles. The first kappa shape index (κ1) is 25.0. The van der Waals surface area contributed by atoms with Gasteiger partial charge in [0.15, 0.2) is 0 Å². The molecule has 0 radical (unpaired) electrons. The minimum Gasteiger partial charge on any atom is -0.489 e. The molecule has 2 aromatic carbocycles. The third-order valence-electron chi connectivity index (χ3n) is 6.90. The van der Waals surface area contributed by atoms with Gasteiger partial charge in [-0.3, -0.25) is 9.69 Å². The average molecular weight is 524 g/mol. The van der Waals surface area contributed by atoms with Crippen LogP contribution in [0.2, 0.25) is 0 Å². The van der Waals surface area contributed by atoms with Crippen molar-refractivity contribution in [1.29, 1.82) is 0 Å². The number of hydrogen-bond donors (Lipinski definition) is 1. The van der Waals surface area contributed by atoms with Gasteiger partial charge >= 0.3 is 10.2 Å². The largest absolute Gasteiger partial charge is 0.489 e. The molecule has 3 fully saturated rings. The maximum Gasteiger partial charge on any atom is 0.304 e. The second-order valence-electron chi connectivity index (χ2n) is 9.69. The number of nitrogens with one attached hydrogen (secondary N) is 1. The van der Waals surface area contributed by atoms with Crippen LogP contribution in [0.15, 0.2) is 30.3 Å². The first-order chi connectivity index (χ1) is 17.2. The molecule has 11 heteroatoms. The minimum absolute atomic E-state index is 0.118. The van der Waals surface area contributed by atoms with E-state index in [0.29, 0.717) is 43.1 Å². The third kappa shape index (κ3) is 5.52. The first-order valence-electron chi connectivity index (χ1n) is 12.2. The van der Waals surface area contributed by atoms with Crippen molar-refractivity contribution in [2.75, 3.05) is 26.2 Å². The van der Waals surface area contributed by atoms with Gasteiger partial charge in [-0.15, -0.1) is 0 Å². The molecule has 1 N–H and O–H groups in total. The normalized spacial score (nSPS) is 21.1. The van der Waals surface area contributed by atoms with Crippen molar-refractivity contribution in [3.05, 3.63) is 64.5 Å². The fourth-order valence-electron chi connectivity index (χ4n) is 4.65. The maximum atomic E-state index is 15.0. The molecule has 7 nitrogen and oxygen atoms in total. The summed E-state index contributed by atoms with van der Waals surface area (Å²) in [6.45, 7) is 2.18. The second kappa shape index (κ2) is 10.0. The smallest absolute Gasteiger partial charge is 0.304 e. The Bertz CT molecular complexity index is 1270. The topological polar surface area (TPSA) is 79.0 Å². The number of carbonyl (C=O) groups is 1. The Kier molecular flexibility index (Phi) is 6.97. The fourth-order valence-corrected chi connectivity index (χ4v) is 5.86. The predicted molar refractivity (Wildman–Crippen MR) is 126 cm³/mol. The molecule has 0 aromatic heterocycles. The molecule has 0 spiro atoms. The highest BCUT2D eigenvalue weighted by atomic mass is 32.2. The van der Waals surface area contributed by atoms with Crippen molar-refractivity contribution in [3.8, 4) is 5.75 Å². The SMILES string of the molecule is O=C(NS(=O)(=O)N1CCC1)c1cc(C2CC2)c(OC2CCCN(Cc3ccc(F)cc3F)C2)cc1F. The standard InChI is InChI=1S/C25H28F3N3O4S/c26-18-7-6-17(22(27)11-18)14-30-8-1-3-19(15-30)35-24-13-23(28)21(12-20(24)16-4-5-16)25(32)29-36(33,34)31-9-2-10-31/h6-7,11-13,16,19H,1-5,8-10,14-15H2,(H,29,32). The highest BCUT2D eigenvalue weighted by Gasteiger charge is 2.33. The predicted octanol–water partition coefficient (Wildman–Crippen LogP) is 3.71. The summed E-state index contributed by atoms with van der Waals surface area (Å²) in [5, 5.41) is 0. The molecule has 0 bridgehead atoms. The van der Waals surface area contributed by atoms with E-state index >= 15 is 0 Å². The van der Waals surface area contributed by atoms with Gasteiger partial charge in [0, 0.05) is 43.9 Å². The molecule has 5 rings (SSSR count). The molecular weight excluding hydrogens is 495 g/mol. The molecular formula is C25H28F3N3O4S. The molecule has 194 valence electrons. The van der Waals surface area contributed by atoms with E-state index in [4.69, 9.17) is 4.74 Å². The molecule has 1 amide bonds. The van der Waals surface area contributed by atoms with Crippen molar-refractivity contribution < 1.29 is 31.1 Å². The van der Waals surface area contributed by atoms with Gasteiger partial charge in [-0.1, -0.05) is 6.07 Å². The number of carbonyl (C=O) groups excluding carboxylic acids is 1. The van der Waals surface area contributed by atoms with Gasteiger partial charge in [0.2, 0.25) is 0 Å². The van der Waals surface area contributed by atoms with E-state index in [9.17, 15) is 26.4 Å². The lowest BCUT2D eigenvalue weighted by Gasteiger charge is -2.33. The van der Waals surface area contributed by atoms with Gasteiger partial charge in [0.1, 0.15) is 29.3 Å². The number of ether oxygens (including phenoxy) is 1. The summed E-state index contributed by atoms with van der Waals surface area (Å²) >= 11 is 0. The Labute approximate surface area is 208 Å². The van der Waals surface area contributed by atoms with Gasteiger partial charge in [-0.25, -0.2) is 17.9 Å². The Balaban J connectivity index is 1.30. The van der Waals surface area contributed by atoms with Crippen molar-refractivity contribution in [2.24, 2.45) is 0 Å². The highest BCUT2D eigenvalue weighted by Crippen LogP contribution is 2.45. The Morgan fingerprint density at radius 3 is 2.44 bits per heavy atom. The second-order valence-corrected chi connectivity index (χ2v) is 11.4. The van der Waals surface area contributed by atoms with Crippen LogP contribution in [0, 0.1) is 17.5 Å². The van der Waals surface area contributed by atoms with E-state index in [-0.39, 0.29) is 17.6 Å². The zero-order valence-electron chi connectivity index (χ0n) is 19.7. The molecule has 1 aliphatic carbocycles. The van der Waals surface area contributed by atoms with E-state index in [1.54, 1.807) is 0 Å². The van der Waals surface area contributed by atoms with E-state index in [2.05, 4.69) is 0 Å². The average Bonchev–Trinajstić information content (AvgIpc) is 3.59. The first-order valence-corrected chi connectivity index (χ1v) is 13.6. The van der Waals surface area contributed by atoms with Crippen LogP contribution in [0.4, 0.5) is 13.2 Å². The number of likely N-dealkylation sites (tertiary alicyclic amines) is 1. The lowest BCUT2D eigenvalue weighted by molar-refractivity contribution is 0.0825. The summed E-state index contributed by atoms with van der Waals surface area (Å²) in [6.07, 6.45) is 3.71. The van der Waals surface area contributed by atoms with Crippen LogP contribution in [0.3, 0.4) is 0 Å². The molecule has 1 saturated carbocycles. The summed E-state index contributed by atoms with van der Waals surface area (Å²) in [5.41, 5.74) is 0.750. The van der Waals surface area contributed by atoms with Gasteiger partial charge in [-0.05, 0) is 62.3 Å². The monoisotopic (exact) mass is 523 g/mol. The molecule has 2 aromatic rings. The molecule has 36 heavy (non-hydrogen) atoms. The number of nitrogens with zero attached hydrogens (tertiary/aromatic N) is 2. The lowest BCUT2D eigenvalue weighted by Crippen LogP contribution is -2.49. The summed E-state index contributed by atoms with van der Waals surface area (Å²) < 4.78 is 76.1. The number of hydrogen-bond acceptors (Lipinski definition) is 5. The van der Waals surface area contributed by atoms with Crippen LogP contribution >= 0.6 is 0 Å². The van der Waals surface area contributed by atoms with Crippen molar-refractivity contribution in [2.45, 2.75) is 50.7 Å². The van der Waals surface area contributed by atoms with Crippen LogP contribution in [0.5, 0.6) is 5.75 Å². The van der Waals surface area contributed by atoms with Crippen LogP contribution in [0.1, 0.15) is 59.5 Å². The van der Waals surface area contributed by atoms with E-state index in [0.717, 1.165) is 55.1 Å². The number of halogens is 3. The zero-order valence-corrected chi connectivity index (χ0v) is 20.5. The number of benzene rings is 2. The van der Waals surface area contributed by atoms with Gasteiger partial charge in [0.25, 0.3) is 5.91 Å². The van der Waals surface area contributed by atoms with E-state index < -0.39 is 33.6 Å². The molecule has 2 heterocycles. The molecule has 2 saturated heterocycles. The Morgan fingerprint density at radius 1 is 1.00 bits per heavy atom. The van der Waals surface area contributed by atoms with E-state index in [1.807, 2.05) is 9.62 Å².